The van der Waals surface area contributed by atoms with E-state index >= 15 is 0 Å². The average molecular weight is 523 g/mol. The molecule has 0 aliphatic heterocycles. The number of non-ortho nitro benzene ring substituents is 2. The van der Waals surface area contributed by atoms with Crippen molar-refractivity contribution in [3.8, 4) is 11.5 Å². The second-order valence-electron chi connectivity index (χ2n) is 8.30. The van der Waals surface area contributed by atoms with E-state index in [1.54, 1.807) is 42.5 Å². The Labute approximate surface area is 219 Å². The number of aromatic nitrogens is 1. The zero-order chi connectivity index (χ0) is 27.5. The van der Waals surface area contributed by atoms with Crippen LogP contribution in [0.2, 0.25) is 0 Å². The van der Waals surface area contributed by atoms with Crippen LogP contribution in [0.5, 0.6) is 0 Å². The molecule has 1 heterocycles. The molecule has 192 valence electrons. The molecule has 0 bridgehead atoms. The van der Waals surface area contributed by atoms with Gasteiger partial charge in [0.25, 0.3) is 23.2 Å². The van der Waals surface area contributed by atoms with E-state index in [1.807, 2.05) is 0 Å². The highest BCUT2D eigenvalue weighted by molar-refractivity contribution is 6.05. The van der Waals surface area contributed by atoms with Crippen LogP contribution >= 0.6 is 0 Å². The molecular formula is C27H17N5O7. The van der Waals surface area contributed by atoms with Gasteiger partial charge in [-0.3, -0.25) is 29.8 Å². The van der Waals surface area contributed by atoms with Crippen molar-refractivity contribution in [3.05, 3.63) is 122 Å². The number of fused-ring (bicyclic) bond motifs is 1. The molecule has 0 atom stereocenters. The standard InChI is InChI=1S/C27H17N5O7/c33-25(16-3-10-21(11-4-16)31(35)36)28-19-7-1-18(2-8-19)27-30-23-14-9-20(15-24(23)39-27)29-26(34)17-5-12-22(13-6-17)32(37)38/h1-15H,(H,28,33)(H,29,34). The SMILES string of the molecule is O=C(Nc1ccc(-c2nc3ccc(NC(=O)c4ccc([N+](=O)[O-])cc4)cc3o2)cc1)c1ccc([N+](=O)[O-])cc1. The number of carbonyl (C=O) groups is 2. The van der Waals surface area contributed by atoms with Crippen LogP contribution in [0.4, 0.5) is 22.7 Å². The van der Waals surface area contributed by atoms with Crippen LogP contribution in [-0.4, -0.2) is 26.6 Å². The number of hydrogen-bond donors (Lipinski definition) is 2. The van der Waals surface area contributed by atoms with Crippen LogP contribution in [0.3, 0.4) is 0 Å². The number of rotatable bonds is 7. The van der Waals surface area contributed by atoms with Gasteiger partial charge in [0.1, 0.15) is 5.52 Å². The Morgan fingerprint density at radius 2 is 1.15 bits per heavy atom. The molecule has 2 amide bonds. The lowest BCUT2D eigenvalue weighted by atomic mass is 10.1. The van der Waals surface area contributed by atoms with E-state index in [0.29, 0.717) is 33.9 Å². The second-order valence-corrected chi connectivity index (χ2v) is 8.30. The summed E-state index contributed by atoms with van der Waals surface area (Å²) in [6, 6.07) is 22.3. The summed E-state index contributed by atoms with van der Waals surface area (Å²) in [7, 11) is 0. The Morgan fingerprint density at radius 3 is 1.67 bits per heavy atom. The first kappa shape index (κ1) is 24.8. The van der Waals surface area contributed by atoms with Crippen LogP contribution in [0.25, 0.3) is 22.6 Å². The molecule has 5 rings (SSSR count). The first-order chi connectivity index (χ1) is 18.8. The molecular weight excluding hydrogens is 506 g/mol. The zero-order valence-corrected chi connectivity index (χ0v) is 19.9. The minimum atomic E-state index is -0.539. The van der Waals surface area contributed by atoms with Crippen molar-refractivity contribution in [2.45, 2.75) is 0 Å². The summed E-state index contributed by atoms with van der Waals surface area (Å²) >= 11 is 0. The Hall–Kier alpha value is -5.91. The number of oxazole rings is 1. The third-order valence-electron chi connectivity index (χ3n) is 5.72. The minimum Gasteiger partial charge on any atom is -0.436 e. The largest absolute Gasteiger partial charge is 0.436 e. The highest BCUT2D eigenvalue weighted by atomic mass is 16.6. The number of carbonyl (C=O) groups excluding carboxylic acids is 2. The van der Waals surface area contributed by atoms with Gasteiger partial charge in [-0.05, 0) is 60.7 Å². The Bertz CT molecular complexity index is 1730. The van der Waals surface area contributed by atoms with Crippen LogP contribution in [-0.2, 0) is 0 Å². The summed E-state index contributed by atoms with van der Waals surface area (Å²) in [5.41, 5.74) is 2.94. The molecule has 1 aromatic heterocycles. The normalized spacial score (nSPS) is 10.7. The summed E-state index contributed by atoms with van der Waals surface area (Å²) in [6.45, 7) is 0. The maximum atomic E-state index is 12.5. The van der Waals surface area contributed by atoms with Gasteiger partial charge in [-0.15, -0.1) is 0 Å². The summed E-state index contributed by atoms with van der Waals surface area (Å²) in [4.78, 5) is 49.9. The van der Waals surface area contributed by atoms with Gasteiger partial charge < -0.3 is 15.1 Å². The van der Waals surface area contributed by atoms with E-state index in [4.69, 9.17) is 4.42 Å². The van der Waals surface area contributed by atoms with Crippen molar-refractivity contribution < 1.29 is 23.9 Å². The predicted octanol–water partition coefficient (Wildman–Crippen LogP) is 5.82. The van der Waals surface area contributed by atoms with E-state index in [0.717, 1.165) is 0 Å². The summed E-state index contributed by atoms with van der Waals surface area (Å²) in [5, 5.41) is 27.0. The smallest absolute Gasteiger partial charge is 0.269 e. The van der Waals surface area contributed by atoms with Gasteiger partial charge in [-0.1, -0.05) is 0 Å². The van der Waals surface area contributed by atoms with Crippen LogP contribution in [0.1, 0.15) is 20.7 Å². The van der Waals surface area contributed by atoms with Crippen LogP contribution < -0.4 is 10.6 Å². The number of hydrogen-bond acceptors (Lipinski definition) is 8. The number of anilines is 2. The van der Waals surface area contributed by atoms with Gasteiger partial charge in [-0.2, -0.15) is 0 Å². The summed E-state index contributed by atoms with van der Waals surface area (Å²) < 4.78 is 5.87. The highest BCUT2D eigenvalue weighted by Crippen LogP contribution is 2.28. The quantitative estimate of drug-likeness (QED) is 0.199. The van der Waals surface area contributed by atoms with Crippen molar-refractivity contribution >= 4 is 45.7 Å². The number of nitrogens with one attached hydrogen (secondary N) is 2. The van der Waals surface area contributed by atoms with Gasteiger partial charge >= 0.3 is 0 Å². The lowest BCUT2D eigenvalue weighted by Gasteiger charge is -2.05. The van der Waals surface area contributed by atoms with Crippen molar-refractivity contribution in [1.82, 2.24) is 4.98 Å². The fraction of sp³-hybridized carbons (Fsp3) is 0. The zero-order valence-electron chi connectivity index (χ0n) is 19.9. The lowest BCUT2D eigenvalue weighted by Crippen LogP contribution is -2.11. The van der Waals surface area contributed by atoms with Crippen molar-refractivity contribution in [3.63, 3.8) is 0 Å². The fourth-order valence-corrected chi connectivity index (χ4v) is 3.70. The van der Waals surface area contributed by atoms with E-state index in [9.17, 15) is 29.8 Å². The van der Waals surface area contributed by atoms with Crippen molar-refractivity contribution in [2.24, 2.45) is 0 Å². The molecule has 2 N–H and O–H groups in total. The number of nitro benzene ring substituents is 2. The Morgan fingerprint density at radius 1 is 0.667 bits per heavy atom. The first-order valence-electron chi connectivity index (χ1n) is 11.4. The maximum absolute atomic E-state index is 12.5. The Kier molecular flexibility index (Phi) is 6.49. The number of amides is 2. The molecule has 0 fully saturated rings. The molecule has 0 unspecified atom stereocenters. The highest BCUT2D eigenvalue weighted by Gasteiger charge is 2.14. The Balaban J connectivity index is 1.27. The molecule has 4 aromatic carbocycles. The monoisotopic (exact) mass is 523 g/mol. The maximum Gasteiger partial charge on any atom is 0.269 e. The molecule has 0 spiro atoms. The van der Waals surface area contributed by atoms with Gasteiger partial charge in [0.15, 0.2) is 5.58 Å². The average Bonchev–Trinajstić information content (AvgIpc) is 3.37. The van der Waals surface area contributed by atoms with Gasteiger partial charge in [0, 0.05) is 58.4 Å². The van der Waals surface area contributed by atoms with Gasteiger partial charge in [-0.25, -0.2) is 4.98 Å². The molecule has 0 radical (unpaired) electrons. The van der Waals surface area contributed by atoms with E-state index in [-0.39, 0.29) is 22.5 Å². The number of nitro groups is 2. The van der Waals surface area contributed by atoms with E-state index in [2.05, 4.69) is 15.6 Å². The molecule has 0 saturated heterocycles. The third-order valence-corrected chi connectivity index (χ3v) is 5.72. The van der Waals surface area contributed by atoms with E-state index < -0.39 is 21.7 Å². The van der Waals surface area contributed by atoms with Crippen LogP contribution in [0.15, 0.2) is 95.4 Å². The minimum absolute atomic E-state index is 0.103. The molecule has 0 saturated carbocycles. The molecule has 0 aliphatic rings. The number of benzene rings is 4. The molecule has 12 nitrogen and oxygen atoms in total. The molecule has 12 heteroatoms. The van der Waals surface area contributed by atoms with Crippen molar-refractivity contribution in [2.75, 3.05) is 10.6 Å². The second kappa shape index (κ2) is 10.2. The van der Waals surface area contributed by atoms with Crippen LogP contribution in [0, 0.1) is 20.2 Å². The van der Waals surface area contributed by atoms with E-state index in [1.165, 1.54) is 48.5 Å². The van der Waals surface area contributed by atoms with Gasteiger partial charge in [0.05, 0.1) is 9.85 Å². The molecule has 39 heavy (non-hydrogen) atoms. The predicted molar refractivity (Wildman–Crippen MR) is 142 cm³/mol. The third kappa shape index (κ3) is 5.44. The summed E-state index contributed by atoms with van der Waals surface area (Å²) in [5.74, 6) is -0.518. The van der Waals surface area contributed by atoms with Crippen molar-refractivity contribution in [1.29, 1.82) is 0 Å². The lowest BCUT2D eigenvalue weighted by molar-refractivity contribution is -0.385. The topological polar surface area (TPSA) is 171 Å². The molecule has 5 aromatic rings. The fourth-order valence-electron chi connectivity index (χ4n) is 3.70. The number of nitrogens with zero attached hydrogens (tertiary/aromatic N) is 3. The molecule has 0 aliphatic carbocycles. The van der Waals surface area contributed by atoms with Gasteiger partial charge in [0.2, 0.25) is 5.89 Å². The first-order valence-corrected chi connectivity index (χ1v) is 11.4. The summed E-state index contributed by atoms with van der Waals surface area (Å²) in [6.07, 6.45) is 0.